The van der Waals surface area contributed by atoms with Gasteiger partial charge in [-0.3, -0.25) is 30.0 Å². The van der Waals surface area contributed by atoms with Crippen molar-refractivity contribution in [1.29, 1.82) is 0 Å². The largest absolute Gasteiger partial charge is 0.465 e. The van der Waals surface area contributed by atoms with E-state index in [9.17, 15) is 29.4 Å². The summed E-state index contributed by atoms with van der Waals surface area (Å²) in [6, 6.07) is 13.8. The predicted octanol–water partition coefficient (Wildman–Crippen LogP) is 4.75. The molecular weight excluding hydrogens is 777 g/mol. The smallest absolute Gasteiger partial charge is 0.411 e. The number of carbonyl (C=O) groups excluding carboxylic acids is 2. The van der Waals surface area contributed by atoms with Crippen LogP contribution in [0.4, 0.5) is 9.59 Å². The van der Waals surface area contributed by atoms with Gasteiger partial charge in [0, 0.05) is 36.4 Å². The second-order valence-corrected chi connectivity index (χ2v) is 16.5. The summed E-state index contributed by atoms with van der Waals surface area (Å²) >= 11 is 0. The number of nitrogens with zero attached hydrogens (tertiary/aromatic N) is 4. The van der Waals surface area contributed by atoms with Gasteiger partial charge in [-0.2, -0.15) is 0 Å². The van der Waals surface area contributed by atoms with Crippen LogP contribution in [0.2, 0.25) is 0 Å². The summed E-state index contributed by atoms with van der Waals surface area (Å²) in [5.41, 5.74) is 5.19. The van der Waals surface area contributed by atoms with Crippen molar-refractivity contribution in [3.05, 3.63) is 72.6 Å². The van der Waals surface area contributed by atoms with E-state index < -0.39 is 59.7 Å². The number of hydrogen-bond donors (Lipinski definition) is 6. The Morgan fingerprint density at radius 2 is 0.950 bits per heavy atom. The molecule has 18 nitrogen and oxygen atoms in total. The number of carboxylic acid groups (broad SMARTS) is 2. The van der Waals surface area contributed by atoms with Crippen molar-refractivity contribution in [1.82, 2.24) is 40.4 Å². The molecule has 318 valence electrons. The van der Waals surface area contributed by atoms with Gasteiger partial charge in [-0.05, 0) is 23.0 Å². The SMILES string of the molecule is CC(C)[C@@H](C(=O)NC(=O)O)N1CC2(C[C@H]1c1nc(-c3ccc(-c4ccc(-c5c[nH]c([C@@H]6CC7(CN6[C@H](C(=O)NC(=O)O)C(C)C)OCCO7)n5)cc4)cc3)c[nH]1)OCCO2. The molecule has 4 aliphatic heterocycles. The number of amides is 4. The van der Waals surface area contributed by atoms with E-state index in [1.54, 1.807) is 0 Å². The van der Waals surface area contributed by atoms with E-state index in [0.29, 0.717) is 62.3 Å². The maximum absolute atomic E-state index is 13.1. The minimum atomic E-state index is -1.40. The monoisotopic (exact) mass is 826 g/mol. The molecule has 0 bridgehead atoms. The summed E-state index contributed by atoms with van der Waals surface area (Å²) in [4.78, 5) is 69.4. The molecule has 4 amide bonds. The number of ether oxygens (including phenoxy) is 4. The van der Waals surface area contributed by atoms with E-state index in [2.05, 4.69) is 9.97 Å². The van der Waals surface area contributed by atoms with Crippen molar-refractivity contribution in [3.8, 4) is 33.6 Å². The van der Waals surface area contributed by atoms with Gasteiger partial charge in [0.25, 0.3) is 0 Å². The number of aromatic amines is 2. The Labute approximate surface area is 346 Å². The van der Waals surface area contributed by atoms with E-state index in [4.69, 9.17) is 28.9 Å². The number of carbonyl (C=O) groups is 4. The summed E-state index contributed by atoms with van der Waals surface area (Å²) in [5, 5.41) is 22.7. The summed E-state index contributed by atoms with van der Waals surface area (Å²) in [5.74, 6) is -2.20. The Hall–Kier alpha value is -5.50. The molecule has 4 aromatic rings. The lowest BCUT2D eigenvalue weighted by molar-refractivity contribution is -0.150. The maximum Gasteiger partial charge on any atom is 0.411 e. The molecule has 6 N–H and O–H groups in total. The molecule has 4 aliphatic rings. The Morgan fingerprint density at radius 3 is 1.27 bits per heavy atom. The van der Waals surface area contributed by atoms with Crippen LogP contribution in [0.3, 0.4) is 0 Å². The number of imidazole rings is 2. The number of hydrogen-bond acceptors (Lipinski definition) is 12. The Kier molecular flexibility index (Phi) is 11.4. The zero-order valence-electron chi connectivity index (χ0n) is 33.8. The molecule has 2 aromatic heterocycles. The van der Waals surface area contributed by atoms with Gasteiger partial charge in [0.05, 0.1) is 75.1 Å². The van der Waals surface area contributed by atoms with Gasteiger partial charge in [-0.15, -0.1) is 0 Å². The topological polar surface area (TPSA) is 234 Å². The first-order valence-electron chi connectivity index (χ1n) is 20.2. The molecule has 0 aliphatic carbocycles. The molecule has 2 aromatic carbocycles. The lowest BCUT2D eigenvalue weighted by Gasteiger charge is -2.33. The van der Waals surface area contributed by atoms with E-state index in [-0.39, 0.29) is 24.9 Å². The van der Waals surface area contributed by atoms with Gasteiger partial charge < -0.3 is 39.1 Å². The van der Waals surface area contributed by atoms with Crippen LogP contribution in [-0.4, -0.2) is 127 Å². The maximum atomic E-state index is 13.1. The molecule has 8 rings (SSSR count). The molecule has 0 saturated carbocycles. The highest BCUT2D eigenvalue weighted by atomic mass is 16.7. The number of benzene rings is 2. The van der Waals surface area contributed by atoms with Gasteiger partial charge in [-0.1, -0.05) is 76.2 Å². The third kappa shape index (κ3) is 8.18. The molecular formula is C42H50N8O10. The van der Waals surface area contributed by atoms with E-state index in [1.807, 2.05) is 109 Å². The van der Waals surface area contributed by atoms with Gasteiger partial charge in [0.2, 0.25) is 11.8 Å². The number of likely N-dealkylation sites (tertiary alicyclic amines) is 2. The fourth-order valence-corrected chi connectivity index (χ4v) is 9.24. The van der Waals surface area contributed by atoms with Crippen molar-refractivity contribution >= 4 is 24.0 Å². The first-order chi connectivity index (χ1) is 28.7. The molecule has 0 unspecified atom stereocenters. The molecule has 4 fully saturated rings. The van der Waals surface area contributed by atoms with Crippen LogP contribution in [0.25, 0.3) is 33.6 Å². The summed E-state index contributed by atoms with van der Waals surface area (Å²) in [6.07, 6.45) is 1.69. The number of H-pyrrole nitrogens is 2. The Morgan fingerprint density at radius 1 is 0.617 bits per heavy atom. The van der Waals surface area contributed by atoms with Crippen molar-refractivity contribution in [2.24, 2.45) is 11.8 Å². The Bertz CT molecular complexity index is 2050. The quantitative estimate of drug-likeness (QED) is 0.120. The zero-order chi connectivity index (χ0) is 42.3. The summed E-state index contributed by atoms with van der Waals surface area (Å²) in [6.45, 7) is 9.82. The van der Waals surface area contributed by atoms with Crippen LogP contribution in [0, 0.1) is 11.8 Å². The third-order valence-corrected chi connectivity index (χ3v) is 11.8. The van der Waals surface area contributed by atoms with Crippen molar-refractivity contribution in [2.75, 3.05) is 39.5 Å². The van der Waals surface area contributed by atoms with Crippen LogP contribution in [0.1, 0.15) is 64.3 Å². The first-order valence-corrected chi connectivity index (χ1v) is 20.2. The lowest BCUT2D eigenvalue weighted by Crippen LogP contribution is -2.52. The van der Waals surface area contributed by atoms with Crippen LogP contribution in [-0.2, 0) is 28.5 Å². The lowest BCUT2D eigenvalue weighted by atomic mass is 10.00. The zero-order valence-corrected chi connectivity index (χ0v) is 33.8. The van der Waals surface area contributed by atoms with Gasteiger partial charge in [0.1, 0.15) is 11.6 Å². The van der Waals surface area contributed by atoms with E-state index in [0.717, 1.165) is 22.3 Å². The van der Waals surface area contributed by atoms with Gasteiger partial charge >= 0.3 is 12.2 Å². The normalized spacial score (nSPS) is 22.2. The summed E-state index contributed by atoms with van der Waals surface area (Å²) in [7, 11) is 0. The highest BCUT2D eigenvalue weighted by Gasteiger charge is 2.55. The number of imide groups is 2. The number of rotatable bonds is 11. The highest BCUT2D eigenvalue weighted by Crippen LogP contribution is 2.46. The van der Waals surface area contributed by atoms with Gasteiger partial charge in [0.15, 0.2) is 11.6 Å². The van der Waals surface area contributed by atoms with Crippen molar-refractivity contribution in [3.63, 3.8) is 0 Å². The predicted molar refractivity (Wildman–Crippen MR) is 214 cm³/mol. The van der Waals surface area contributed by atoms with Gasteiger partial charge in [-0.25, -0.2) is 19.6 Å². The average molecular weight is 827 g/mol. The van der Waals surface area contributed by atoms with Crippen molar-refractivity contribution in [2.45, 2.75) is 76.3 Å². The first kappa shape index (κ1) is 41.2. The molecule has 18 heteroatoms. The molecule has 6 heterocycles. The van der Waals surface area contributed by atoms with E-state index >= 15 is 0 Å². The minimum absolute atomic E-state index is 0.207. The molecule has 4 atom stereocenters. The van der Waals surface area contributed by atoms with Crippen LogP contribution >= 0.6 is 0 Å². The average Bonchev–Trinajstić information content (AvgIpc) is 4.06. The van der Waals surface area contributed by atoms with E-state index in [1.165, 1.54) is 0 Å². The third-order valence-electron chi connectivity index (χ3n) is 11.8. The minimum Gasteiger partial charge on any atom is -0.465 e. The number of aromatic nitrogens is 4. The van der Waals surface area contributed by atoms with Crippen LogP contribution in [0.5, 0.6) is 0 Å². The van der Waals surface area contributed by atoms with Crippen LogP contribution < -0.4 is 10.6 Å². The number of nitrogens with one attached hydrogen (secondary N) is 4. The van der Waals surface area contributed by atoms with Crippen LogP contribution in [0.15, 0.2) is 60.9 Å². The molecule has 0 radical (unpaired) electrons. The fraction of sp³-hybridized carbons (Fsp3) is 0.476. The molecule has 60 heavy (non-hydrogen) atoms. The van der Waals surface area contributed by atoms with Crippen molar-refractivity contribution < 1.29 is 48.3 Å². The fourth-order valence-electron chi connectivity index (χ4n) is 9.24. The second-order valence-electron chi connectivity index (χ2n) is 16.5. The Balaban J connectivity index is 0.977. The second kappa shape index (κ2) is 16.5. The molecule has 4 saturated heterocycles. The molecule has 2 spiro atoms. The highest BCUT2D eigenvalue weighted by molar-refractivity contribution is 5.95. The standard InChI is InChI=1S/C42H50N8O10/c1-23(2)33(37(51)47-39(53)54)49-21-41(57-13-14-58-41)17-31(49)35-43-19-29(45-35)27-9-5-25(6-10-27)26-7-11-28(12-8-26)30-20-44-36(46-30)32-18-42(59-15-16-60-42)22-50(32)34(24(3)4)38(52)48-40(55)56/h5-12,19-20,23-24,31-34H,13-18,21-22H2,1-4H3,(H,43,45)(H,44,46)(H,47,51)(H,48,52)(H,53,54)(H,55,56)/t31-,32-,33-,34-/m0/s1. The summed E-state index contributed by atoms with van der Waals surface area (Å²) < 4.78 is 24.1.